The van der Waals surface area contributed by atoms with E-state index < -0.39 is 11.5 Å². The monoisotopic (exact) mass is 271 g/mol. The molecule has 0 saturated carbocycles. The molecule has 0 bridgehead atoms. The number of amides is 1. The highest BCUT2D eigenvalue weighted by molar-refractivity contribution is 5.87. The third kappa shape index (κ3) is 3.45. The van der Waals surface area contributed by atoms with Crippen LogP contribution in [0.5, 0.6) is 0 Å². The zero-order chi connectivity index (χ0) is 13.9. The van der Waals surface area contributed by atoms with Crippen LogP contribution in [-0.4, -0.2) is 47.9 Å². The first-order chi connectivity index (χ1) is 9.02. The standard InChI is InChI=1S/C13H21NO5/c1-9-2-3-10(19-9)4-5-11(15)14-13(12(16)17)6-7-18-8-13/h9-10H,2-8H2,1H3,(H,14,15)(H,16,17). The fraction of sp³-hybridized carbons (Fsp3) is 0.846. The minimum Gasteiger partial charge on any atom is -0.479 e. The number of hydrogen-bond acceptors (Lipinski definition) is 4. The van der Waals surface area contributed by atoms with Crippen LogP contribution in [0.1, 0.15) is 39.0 Å². The van der Waals surface area contributed by atoms with Crippen molar-refractivity contribution in [3.63, 3.8) is 0 Å². The summed E-state index contributed by atoms with van der Waals surface area (Å²) in [5, 5.41) is 11.8. The van der Waals surface area contributed by atoms with Crippen molar-refractivity contribution in [3.8, 4) is 0 Å². The highest BCUT2D eigenvalue weighted by Crippen LogP contribution is 2.23. The average molecular weight is 271 g/mol. The smallest absolute Gasteiger partial charge is 0.331 e. The number of aliphatic carboxylic acids is 1. The van der Waals surface area contributed by atoms with Crippen LogP contribution < -0.4 is 5.32 Å². The van der Waals surface area contributed by atoms with Gasteiger partial charge >= 0.3 is 5.97 Å². The molecule has 2 aliphatic rings. The van der Waals surface area contributed by atoms with Crippen molar-refractivity contribution in [2.75, 3.05) is 13.2 Å². The molecule has 19 heavy (non-hydrogen) atoms. The van der Waals surface area contributed by atoms with Crippen molar-refractivity contribution in [1.29, 1.82) is 0 Å². The van der Waals surface area contributed by atoms with Crippen LogP contribution in [0.15, 0.2) is 0 Å². The Kier molecular flexibility index (Phi) is 4.42. The second-order valence-electron chi connectivity index (χ2n) is 5.42. The lowest BCUT2D eigenvalue weighted by molar-refractivity contribution is -0.147. The second kappa shape index (κ2) is 5.88. The first kappa shape index (κ1) is 14.3. The number of nitrogens with one attached hydrogen (secondary N) is 1. The average Bonchev–Trinajstić information content (AvgIpc) is 2.97. The number of rotatable bonds is 5. The number of carbonyl (C=O) groups excluding carboxylic acids is 1. The second-order valence-corrected chi connectivity index (χ2v) is 5.42. The topological polar surface area (TPSA) is 84.9 Å². The van der Waals surface area contributed by atoms with Gasteiger partial charge < -0.3 is 19.9 Å². The number of carbonyl (C=O) groups is 2. The van der Waals surface area contributed by atoms with E-state index in [0.29, 0.717) is 25.9 Å². The molecule has 2 rings (SSSR count). The Morgan fingerprint density at radius 1 is 1.42 bits per heavy atom. The van der Waals surface area contributed by atoms with Gasteiger partial charge in [-0.2, -0.15) is 0 Å². The Morgan fingerprint density at radius 3 is 2.74 bits per heavy atom. The van der Waals surface area contributed by atoms with Crippen molar-refractivity contribution in [1.82, 2.24) is 5.32 Å². The molecular formula is C13H21NO5. The summed E-state index contributed by atoms with van der Waals surface area (Å²) in [6.07, 6.45) is 3.66. The van der Waals surface area contributed by atoms with Crippen LogP contribution in [0, 0.1) is 0 Å². The van der Waals surface area contributed by atoms with E-state index in [2.05, 4.69) is 5.32 Å². The van der Waals surface area contributed by atoms with E-state index in [0.717, 1.165) is 12.8 Å². The van der Waals surface area contributed by atoms with Crippen molar-refractivity contribution >= 4 is 11.9 Å². The van der Waals surface area contributed by atoms with Gasteiger partial charge in [0.05, 0.1) is 18.8 Å². The van der Waals surface area contributed by atoms with Crippen LogP contribution in [0.3, 0.4) is 0 Å². The molecule has 0 aromatic heterocycles. The molecule has 2 fully saturated rings. The van der Waals surface area contributed by atoms with Gasteiger partial charge in [0, 0.05) is 19.4 Å². The highest BCUT2D eigenvalue weighted by atomic mass is 16.5. The zero-order valence-corrected chi connectivity index (χ0v) is 11.2. The molecule has 2 heterocycles. The van der Waals surface area contributed by atoms with Gasteiger partial charge in [0.1, 0.15) is 0 Å². The molecule has 0 aromatic carbocycles. The van der Waals surface area contributed by atoms with Crippen molar-refractivity contribution in [2.45, 2.75) is 56.8 Å². The van der Waals surface area contributed by atoms with Gasteiger partial charge in [-0.1, -0.05) is 0 Å². The zero-order valence-electron chi connectivity index (χ0n) is 11.2. The lowest BCUT2D eigenvalue weighted by atomic mass is 9.98. The molecule has 0 spiro atoms. The van der Waals surface area contributed by atoms with E-state index in [1.165, 1.54) is 0 Å². The summed E-state index contributed by atoms with van der Waals surface area (Å²) in [6.45, 7) is 2.44. The van der Waals surface area contributed by atoms with E-state index in [4.69, 9.17) is 9.47 Å². The summed E-state index contributed by atoms with van der Waals surface area (Å²) in [6, 6.07) is 0. The Hall–Kier alpha value is -1.14. The molecule has 2 saturated heterocycles. The predicted octanol–water partition coefficient (Wildman–Crippen LogP) is 0.694. The maximum absolute atomic E-state index is 11.9. The Balaban J connectivity index is 1.78. The molecule has 3 unspecified atom stereocenters. The molecule has 0 aromatic rings. The lowest BCUT2D eigenvalue weighted by Crippen LogP contribution is -2.55. The number of carboxylic acid groups (broad SMARTS) is 1. The van der Waals surface area contributed by atoms with Gasteiger partial charge in [-0.25, -0.2) is 4.79 Å². The minimum absolute atomic E-state index is 0.0467. The van der Waals surface area contributed by atoms with Gasteiger partial charge in [0.2, 0.25) is 5.91 Å². The largest absolute Gasteiger partial charge is 0.479 e. The molecule has 2 aliphatic heterocycles. The Morgan fingerprint density at radius 2 is 2.21 bits per heavy atom. The maximum atomic E-state index is 11.9. The summed E-state index contributed by atoms with van der Waals surface area (Å²) in [5.74, 6) is -1.26. The predicted molar refractivity (Wildman–Crippen MR) is 66.7 cm³/mol. The molecule has 108 valence electrons. The fourth-order valence-electron chi connectivity index (χ4n) is 2.60. The number of ether oxygens (including phenoxy) is 2. The van der Waals surface area contributed by atoms with Crippen molar-refractivity contribution < 1.29 is 24.2 Å². The summed E-state index contributed by atoms with van der Waals surface area (Å²) in [4.78, 5) is 23.1. The molecular weight excluding hydrogens is 250 g/mol. The van der Waals surface area contributed by atoms with E-state index in [1.54, 1.807) is 0 Å². The number of carboxylic acids is 1. The normalized spacial score (nSPS) is 34.4. The van der Waals surface area contributed by atoms with Gasteiger partial charge in [-0.05, 0) is 26.2 Å². The lowest BCUT2D eigenvalue weighted by Gasteiger charge is -2.24. The van der Waals surface area contributed by atoms with Crippen LogP contribution in [0.25, 0.3) is 0 Å². The third-order valence-electron chi connectivity index (χ3n) is 3.82. The highest BCUT2D eigenvalue weighted by Gasteiger charge is 2.43. The van der Waals surface area contributed by atoms with Gasteiger partial charge in [0.15, 0.2) is 5.54 Å². The Labute approximate surface area is 112 Å². The van der Waals surface area contributed by atoms with E-state index >= 15 is 0 Å². The van der Waals surface area contributed by atoms with Crippen LogP contribution in [0.2, 0.25) is 0 Å². The molecule has 0 aliphatic carbocycles. The molecule has 6 heteroatoms. The van der Waals surface area contributed by atoms with E-state index in [-0.39, 0.29) is 24.7 Å². The molecule has 1 amide bonds. The maximum Gasteiger partial charge on any atom is 0.331 e. The summed E-state index contributed by atoms with van der Waals surface area (Å²) >= 11 is 0. The summed E-state index contributed by atoms with van der Waals surface area (Å²) in [7, 11) is 0. The van der Waals surface area contributed by atoms with E-state index in [1.807, 2.05) is 6.92 Å². The van der Waals surface area contributed by atoms with Crippen molar-refractivity contribution in [2.24, 2.45) is 0 Å². The molecule has 2 N–H and O–H groups in total. The SMILES string of the molecule is CC1CCC(CCC(=O)NC2(C(=O)O)CCOC2)O1. The molecule has 6 nitrogen and oxygen atoms in total. The van der Waals surface area contributed by atoms with E-state index in [9.17, 15) is 14.7 Å². The summed E-state index contributed by atoms with van der Waals surface area (Å²) < 4.78 is 10.7. The quantitative estimate of drug-likeness (QED) is 0.768. The van der Waals surface area contributed by atoms with Crippen LogP contribution in [0.4, 0.5) is 0 Å². The van der Waals surface area contributed by atoms with Gasteiger partial charge in [-0.3, -0.25) is 4.79 Å². The first-order valence-electron chi connectivity index (χ1n) is 6.79. The van der Waals surface area contributed by atoms with Gasteiger partial charge in [0.25, 0.3) is 0 Å². The minimum atomic E-state index is -1.24. The molecule has 0 radical (unpaired) electrons. The van der Waals surface area contributed by atoms with Gasteiger partial charge in [-0.15, -0.1) is 0 Å². The Bertz CT molecular complexity index is 351. The van der Waals surface area contributed by atoms with Crippen molar-refractivity contribution in [3.05, 3.63) is 0 Å². The molecule has 3 atom stereocenters. The third-order valence-corrected chi connectivity index (χ3v) is 3.82. The van der Waals surface area contributed by atoms with Crippen LogP contribution >= 0.6 is 0 Å². The number of hydrogen-bond donors (Lipinski definition) is 2. The van der Waals surface area contributed by atoms with Crippen LogP contribution in [-0.2, 0) is 19.1 Å². The first-order valence-corrected chi connectivity index (χ1v) is 6.79. The fourth-order valence-corrected chi connectivity index (χ4v) is 2.60. The summed E-state index contributed by atoms with van der Waals surface area (Å²) in [5.41, 5.74) is -1.24.